The van der Waals surface area contributed by atoms with Crippen LogP contribution in [0.1, 0.15) is 44.8 Å². The van der Waals surface area contributed by atoms with Gasteiger partial charge in [-0.1, -0.05) is 0 Å². The maximum absolute atomic E-state index is 9.39. The second-order valence-corrected chi connectivity index (χ2v) is 5.33. The van der Waals surface area contributed by atoms with E-state index in [1.165, 1.54) is 0 Å². The molecule has 1 aliphatic carbocycles. The topological polar surface area (TPSA) is 53.6 Å². The first-order valence-corrected chi connectivity index (χ1v) is 6.25. The van der Waals surface area contributed by atoms with Gasteiger partial charge < -0.3 is 0 Å². The van der Waals surface area contributed by atoms with E-state index in [-0.39, 0.29) is 5.54 Å². The van der Waals surface area contributed by atoms with E-state index in [1.807, 2.05) is 23.9 Å². The lowest BCUT2D eigenvalue weighted by Crippen LogP contribution is -2.45. The molecule has 1 aliphatic rings. The van der Waals surface area contributed by atoms with Crippen LogP contribution in [0.25, 0.3) is 0 Å². The lowest BCUT2D eigenvalue weighted by atomic mass is 9.98. The molecule has 1 saturated carbocycles. The fourth-order valence-electron chi connectivity index (χ4n) is 2.70. The van der Waals surface area contributed by atoms with Crippen LogP contribution >= 0.6 is 0 Å². The van der Waals surface area contributed by atoms with Crippen molar-refractivity contribution in [1.82, 2.24) is 15.1 Å². The quantitative estimate of drug-likeness (QED) is 0.869. The molecule has 2 unspecified atom stereocenters. The Morgan fingerprint density at radius 3 is 2.94 bits per heavy atom. The highest BCUT2D eigenvalue weighted by atomic mass is 15.3. The number of aromatic nitrogens is 2. The van der Waals surface area contributed by atoms with Gasteiger partial charge in [0.05, 0.1) is 17.8 Å². The van der Waals surface area contributed by atoms with E-state index in [0.29, 0.717) is 12.1 Å². The smallest absolute Gasteiger partial charge is 0.109 e. The van der Waals surface area contributed by atoms with Gasteiger partial charge in [0.1, 0.15) is 5.54 Å². The largest absolute Gasteiger partial charge is 0.297 e. The molecule has 1 fully saturated rings. The van der Waals surface area contributed by atoms with Crippen LogP contribution in [-0.4, -0.2) is 21.4 Å². The SMILES string of the molecule is Cc1ccn(C2CCC(C#N)(NC(C)C)C2)n1. The zero-order valence-electron chi connectivity index (χ0n) is 10.8. The maximum Gasteiger partial charge on any atom is 0.109 e. The average molecular weight is 232 g/mol. The van der Waals surface area contributed by atoms with Crippen molar-refractivity contribution in [1.29, 1.82) is 5.26 Å². The minimum absolute atomic E-state index is 0.341. The molecule has 0 amide bonds. The Hall–Kier alpha value is -1.34. The average Bonchev–Trinajstić information content (AvgIpc) is 2.85. The molecule has 0 bridgehead atoms. The van der Waals surface area contributed by atoms with Crippen molar-refractivity contribution in [2.24, 2.45) is 0 Å². The molecule has 1 heterocycles. The number of hydrogen-bond donors (Lipinski definition) is 1. The monoisotopic (exact) mass is 232 g/mol. The third-order valence-corrected chi connectivity index (χ3v) is 3.38. The Balaban J connectivity index is 2.10. The summed E-state index contributed by atoms with van der Waals surface area (Å²) in [6.07, 6.45) is 4.80. The Bertz CT molecular complexity index is 429. The lowest BCUT2D eigenvalue weighted by Gasteiger charge is -2.25. The summed E-state index contributed by atoms with van der Waals surface area (Å²) < 4.78 is 2.01. The maximum atomic E-state index is 9.39. The highest BCUT2D eigenvalue weighted by Gasteiger charge is 2.40. The van der Waals surface area contributed by atoms with E-state index >= 15 is 0 Å². The number of rotatable bonds is 3. The molecule has 1 aromatic heterocycles. The van der Waals surface area contributed by atoms with Crippen LogP contribution in [0.5, 0.6) is 0 Å². The summed E-state index contributed by atoms with van der Waals surface area (Å²) in [4.78, 5) is 0. The molecule has 1 aromatic rings. The third-order valence-electron chi connectivity index (χ3n) is 3.38. The molecule has 0 saturated heterocycles. The van der Waals surface area contributed by atoms with Gasteiger partial charge in [-0.05, 0) is 39.7 Å². The summed E-state index contributed by atoms with van der Waals surface area (Å²) in [5.74, 6) is 0. The zero-order valence-corrected chi connectivity index (χ0v) is 10.8. The van der Waals surface area contributed by atoms with Crippen molar-refractivity contribution in [2.75, 3.05) is 0 Å². The van der Waals surface area contributed by atoms with Crippen LogP contribution in [-0.2, 0) is 0 Å². The van der Waals surface area contributed by atoms with E-state index in [4.69, 9.17) is 0 Å². The van der Waals surface area contributed by atoms with Crippen molar-refractivity contribution in [3.63, 3.8) is 0 Å². The number of nitriles is 1. The molecule has 1 N–H and O–H groups in total. The highest BCUT2D eigenvalue weighted by molar-refractivity contribution is 5.13. The molecule has 92 valence electrons. The predicted molar refractivity (Wildman–Crippen MR) is 66.5 cm³/mol. The summed E-state index contributed by atoms with van der Waals surface area (Å²) in [6.45, 7) is 6.17. The zero-order chi connectivity index (χ0) is 12.5. The van der Waals surface area contributed by atoms with Gasteiger partial charge in [-0.2, -0.15) is 10.4 Å². The van der Waals surface area contributed by atoms with Gasteiger partial charge in [0, 0.05) is 18.7 Å². The molecule has 0 radical (unpaired) electrons. The van der Waals surface area contributed by atoms with Gasteiger partial charge in [-0.15, -0.1) is 0 Å². The third kappa shape index (κ3) is 2.50. The first-order chi connectivity index (χ1) is 8.04. The van der Waals surface area contributed by atoms with Crippen LogP contribution in [0.3, 0.4) is 0 Å². The Kier molecular flexibility index (Phi) is 3.21. The Morgan fingerprint density at radius 2 is 2.41 bits per heavy atom. The molecule has 0 aromatic carbocycles. The fraction of sp³-hybridized carbons (Fsp3) is 0.692. The number of hydrogen-bond acceptors (Lipinski definition) is 3. The summed E-state index contributed by atoms with van der Waals surface area (Å²) in [5.41, 5.74) is 0.676. The molecular weight excluding hydrogens is 212 g/mol. The van der Waals surface area contributed by atoms with E-state index < -0.39 is 0 Å². The summed E-state index contributed by atoms with van der Waals surface area (Å²) in [6, 6.07) is 5.18. The Labute approximate surface area is 103 Å². The second-order valence-electron chi connectivity index (χ2n) is 5.33. The lowest BCUT2D eigenvalue weighted by molar-refractivity contribution is 0.361. The van der Waals surface area contributed by atoms with E-state index in [2.05, 4.69) is 30.3 Å². The molecular formula is C13H20N4. The van der Waals surface area contributed by atoms with Gasteiger partial charge in [0.2, 0.25) is 0 Å². The normalized spacial score (nSPS) is 28.5. The van der Waals surface area contributed by atoms with Crippen LogP contribution in [0, 0.1) is 18.3 Å². The van der Waals surface area contributed by atoms with E-state index in [0.717, 1.165) is 25.0 Å². The van der Waals surface area contributed by atoms with E-state index in [1.54, 1.807) is 0 Å². The molecule has 0 aliphatic heterocycles. The minimum Gasteiger partial charge on any atom is -0.297 e. The molecule has 2 atom stereocenters. The Morgan fingerprint density at radius 1 is 1.65 bits per heavy atom. The van der Waals surface area contributed by atoms with Gasteiger partial charge in [0.15, 0.2) is 0 Å². The van der Waals surface area contributed by atoms with Crippen LogP contribution in [0.4, 0.5) is 0 Å². The number of nitrogens with zero attached hydrogens (tertiary/aromatic N) is 3. The molecule has 4 heteroatoms. The first kappa shape index (κ1) is 12.1. The fourth-order valence-corrected chi connectivity index (χ4v) is 2.70. The van der Waals surface area contributed by atoms with Crippen molar-refractivity contribution >= 4 is 0 Å². The molecule has 17 heavy (non-hydrogen) atoms. The standard InChI is InChI=1S/C13H20N4/c1-10(2)15-13(9-14)6-4-12(8-13)17-7-5-11(3)16-17/h5,7,10,12,15H,4,6,8H2,1-3H3. The summed E-state index contributed by atoms with van der Waals surface area (Å²) >= 11 is 0. The second kappa shape index (κ2) is 4.50. The number of aryl methyl sites for hydroxylation is 1. The predicted octanol–water partition coefficient (Wildman–Crippen LogP) is 2.18. The van der Waals surface area contributed by atoms with E-state index in [9.17, 15) is 5.26 Å². The van der Waals surface area contributed by atoms with Crippen molar-refractivity contribution in [3.8, 4) is 6.07 Å². The van der Waals surface area contributed by atoms with Crippen LogP contribution in [0.15, 0.2) is 12.3 Å². The first-order valence-electron chi connectivity index (χ1n) is 6.25. The van der Waals surface area contributed by atoms with Crippen molar-refractivity contribution in [3.05, 3.63) is 18.0 Å². The number of nitrogens with one attached hydrogen (secondary N) is 1. The van der Waals surface area contributed by atoms with Crippen LogP contribution < -0.4 is 5.32 Å². The van der Waals surface area contributed by atoms with Gasteiger partial charge >= 0.3 is 0 Å². The summed E-state index contributed by atoms with van der Waals surface area (Å²) in [5, 5.41) is 17.3. The van der Waals surface area contributed by atoms with Crippen LogP contribution in [0.2, 0.25) is 0 Å². The molecule has 4 nitrogen and oxygen atoms in total. The van der Waals surface area contributed by atoms with Gasteiger partial charge in [-0.25, -0.2) is 0 Å². The van der Waals surface area contributed by atoms with Crippen molar-refractivity contribution < 1.29 is 0 Å². The minimum atomic E-state index is -0.362. The van der Waals surface area contributed by atoms with Crippen molar-refractivity contribution in [2.45, 2.75) is 57.7 Å². The van der Waals surface area contributed by atoms with Gasteiger partial charge in [-0.3, -0.25) is 10.00 Å². The molecule has 2 rings (SSSR count). The highest BCUT2D eigenvalue weighted by Crippen LogP contribution is 2.37. The molecule has 0 spiro atoms. The summed E-state index contributed by atoms with van der Waals surface area (Å²) in [7, 11) is 0. The van der Waals surface area contributed by atoms with Gasteiger partial charge in [0.25, 0.3) is 0 Å².